The van der Waals surface area contributed by atoms with Crippen LogP contribution in [0.5, 0.6) is 0 Å². The van der Waals surface area contributed by atoms with Gasteiger partial charge in [-0.2, -0.15) is 0 Å². The van der Waals surface area contributed by atoms with Crippen molar-refractivity contribution in [2.75, 3.05) is 6.54 Å². The number of hydrogen-bond donors (Lipinski definition) is 2. The van der Waals surface area contributed by atoms with Crippen LogP contribution in [0.2, 0.25) is 0 Å². The molecule has 0 fully saturated rings. The molecule has 3 nitrogen and oxygen atoms in total. The summed E-state index contributed by atoms with van der Waals surface area (Å²) >= 11 is 0. The van der Waals surface area contributed by atoms with Crippen LogP contribution in [-0.2, 0) is 4.79 Å². The zero-order valence-electron chi connectivity index (χ0n) is 11.2. The van der Waals surface area contributed by atoms with E-state index in [4.69, 9.17) is 5.73 Å². The molecule has 0 saturated heterocycles. The number of nitrogens with two attached hydrogens (primary N) is 1. The van der Waals surface area contributed by atoms with Crippen LogP contribution < -0.4 is 11.1 Å². The summed E-state index contributed by atoms with van der Waals surface area (Å²) in [4.78, 5) is 12.0. The average molecular weight is 238 g/mol. The lowest BCUT2D eigenvalue weighted by Crippen LogP contribution is -2.52. The van der Waals surface area contributed by atoms with Crippen LogP contribution >= 0.6 is 0 Å². The maximum Gasteiger partial charge on any atom is 0.224 e. The first-order valence-corrected chi connectivity index (χ1v) is 6.84. The van der Waals surface area contributed by atoms with E-state index in [-0.39, 0.29) is 11.4 Å². The number of carbonyl (C=O) groups excluding carboxylic acids is 1. The fraction of sp³-hybridized carbons (Fsp3) is 0.786. The molecule has 0 unspecified atom stereocenters. The number of allylic oxidation sites excluding steroid dienone is 1. The van der Waals surface area contributed by atoms with Gasteiger partial charge in [0.15, 0.2) is 0 Å². The molecule has 1 aliphatic rings. The molecule has 1 aliphatic carbocycles. The Labute approximate surface area is 105 Å². The van der Waals surface area contributed by atoms with Gasteiger partial charge in [-0.05, 0) is 38.5 Å². The van der Waals surface area contributed by atoms with Crippen LogP contribution in [-0.4, -0.2) is 18.0 Å². The Kier molecular flexibility index (Phi) is 5.69. The van der Waals surface area contributed by atoms with Gasteiger partial charge in [0, 0.05) is 13.0 Å². The first kappa shape index (κ1) is 14.2. The summed E-state index contributed by atoms with van der Waals surface area (Å²) < 4.78 is 0. The Morgan fingerprint density at radius 2 is 2.12 bits per heavy atom. The van der Waals surface area contributed by atoms with Crippen molar-refractivity contribution in [3.63, 3.8) is 0 Å². The molecule has 1 rings (SSSR count). The summed E-state index contributed by atoms with van der Waals surface area (Å²) in [6.45, 7) is 4.68. The molecule has 3 heteroatoms. The monoisotopic (exact) mass is 238 g/mol. The summed E-state index contributed by atoms with van der Waals surface area (Å²) in [5, 5.41) is 3.12. The van der Waals surface area contributed by atoms with Crippen LogP contribution in [0.15, 0.2) is 11.6 Å². The predicted octanol–water partition coefficient (Wildman–Crippen LogP) is 2.51. The second-order valence-corrected chi connectivity index (χ2v) is 5.02. The smallest absolute Gasteiger partial charge is 0.224 e. The highest BCUT2D eigenvalue weighted by atomic mass is 16.1. The minimum absolute atomic E-state index is 0.132. The maximum atomic E-state index is 12.0. The number of nitrogens with one attached hydrogen (secondary N) is 1. The molecule has 0 aromatic heterocycles. The van der Waals surface area contributed by atoms with Gasteiger partial charge in [-0.25, -0.2) is 0 Å². The lowest BCUT2D eigenvalue weighted by atomic mass is 9.91. The summed E-state index contributed by atoms with van der Waals surface area (Å²) in [5.41, 5.74) is 6.88. The second-order valence-electron chi connectivity index (χ2n) is 5.02. The number of hydrogen-bond acceptors (Lipinski definition) is 2. The lowest BCUT2D eigenvalue weighted by molar-refractivity contribution is -0.122. The fourth-order valence-electron chi connectivity index (χ4n) is 2.38. The molecule has 0 heterocycles. The molecule has 0 aromatic rings. The van der Waals surface area contributed by atoms with Gasteiger partial charge in [-0.1, -0.05) is 25.5 Å². The molecule has 0 radical (unpaired) electrons. The van der Waals surface area contributed by atoms with Crippen molar-refractivity contribution in [2.45, 2.75) is 64.3 Å². The number of carbonyl (C=O) groups is 1. The molecule has 17 heavy (non-hydrogen) atoms. The van der Waals surface area contributed by atoms with Crippen LogP contribution in [0.1, 0.15) is 58.8 Å². The first-order valence-electron chi connectivity index (χ1n) is 6.84. The number of amides is 1. The van der Waals surface area contributed by atoms with Crippen molar-refractivity contribution in [3.05, 3.63) is 11.6 Å². The van der Waals surface area contributed by atoms with Crippen LogP contribution in [0.3, 0.4) is 0 Å². The van der Waals surface area contributed by atoms with E-state index in [0.717, 1.165) is 25.7 Å². The molecular formula is C14H26N2O. The largest absolute Gasteiger partial charge is 0.349 e. The quantitative estimate of drug-likeness (QED) is 0.699. The Balaban J connectivity index is 2.50. The molecule has 0 aromatic carbocycles. The van der Waals surface area contributed by atoms with Gasteiger partial charge in [0.05, 0.1) is 5.54 Å². The maximum absolute atomic E-state index is 12.0. The topological polar surface area (TPSA) is 55.1 Å². The first-order chi connectivity index (χ1) is 8.15. The lowest BCUT2D eigenvalue weighted by Gasteiger charge is -2.31. The Morgan fingerprint density at radius 3 is 2.59 bits per heavy atom. The van der Waals surface area contributed by atoms with Gasteiger partial charge in [0.1, 0.15) is 0 Å². The normalized spacial score (nSPS) is 16.5. The molecule has 3 N–H and O–H groups in total. The molecule has 0 spiro atoms. The summed E-state index contributed by atoms with van der Waals surface area (Å²) in [6.07, 6.45) is 9.28. The highest BCUT2D eigenvalue weighted by molar-refractivity contribution is 5.79. The van der Waals surface area contributed by atoms with Gasteiger partial charge in [0.25, 0.3) is 0 Å². The van der Waals surface area contributed by atoms with Crippen molar-refractivity contribution < 1.29 is 4.79 Å². The van der Waals surface area contributed by atoms with E-state index >= 15 is 0 Å². The summed E-state index contributed by atoms with van der Waals surface area (Å²) in [6, 6.07) is 0. The molecule has 0 bridgehead atoms. The third-order valence-electron chi connectivity index (χ3n) is 3.92. The van der Waals surface area contributed by atoms with E-state index in [9.17, 15) is 4.79 Å². The second kappa shape index (κ2) is 6.80. The molecule has 98 valence electrons. The van der Waals surface area contributed by atoms with Crippen molar-refractivity contribution in [3.8, 4) is 0 Å². The predicted molar refractivity (Wildman–Crippen MR) is 71.7 cm³/mol. The van der Waals surface area contributed by atoms with Crippen molar-refractivity contribution in [1.29, 1.82) is 0 Å². The zero-order chi connectivity index (χ0) is 12.7. The van der Waals surface area contributed by atoms with Crippen molar-refractivity contribution >= 4 is 5.91 Å². The molecule has 0 aliphatic heterocycles. The van der Waals surface area contributed by atoms with Gasteiger partial charge in [0.2, 0.25) is 5.91 Å². The molecule has 0 atom stereocenters. The van der Waals surface area contributed by atoms with Gasteiger partial charge in [-0.3, -0.25) is 4.79 Å². The fourth-order valence-corrected chi connectivity index (χ4v) is 2.38. The van der Waals surface area contributed by atoms with E-state index in [0.29, 0.717) is 13.0 Å². The molecular weight excluding hydrogens is 212 g/mol. The highest BCUT2D eigenvalue weighted by Crippen LogP contribution is 2.21. The zero-order valence-corrected chi connectivity index (χ0v) is 11.2. The Bertz CT molecular complexity index is 272. The Hall–Kier alpha value is -0.830. The molecule has 1 amide bonds. The number of rotatable bonds is 6. The van der Waals surface area contributed by atoms with Gasteiger partial charge in [-0.15, -0.1) is 0 Å². The van der Waals surface area contributed by atoms with E-state index in [1.165, 1.54) is 18.4 Å². The Morgan fingerprint density at radius 1 is 1.41 bits per heavy atom. The van der Waals surface area contributed by atoms with E-state index < -0.39 is 0 Å². The minimum Gasteiger partial charge on any atom is -0.349 e. The minimum atomic E-state index is -0.202. The summed E-state index contributed by atoms with van der Waals surface area (Å²) in [7, 11) is 0. The SMILES string of the molecule is CCC(CC)(CN)NC(=O)CC1=CCCCC1. The van der Waals surface area contributed by atoms with E-state index in [1.807, 2.05) is 0 Å². The van der Waals surface area contributed by atoms with Gasteiger partial charge < -0.3 is 11.1 Å². The summed E-state index contributed by atoms with van der Waals surface area (Å²) in [5.74, 6) is 0.132. The average Bonchev–Trinajstić information content (AvgIpc) is 2.37. The van der Waals surface area contributed by atoms with Crippen molar-refractivity contribution in [2.24, 2.45) is 5.73 Å². The standard InChI is InChI=1S/C14H26N2O/c1-3-14(4-2,11-15)16-13(17)10-12-8-6-5-7-9-12/h8H,3-7,9-11,15H2,1-2H3,(H,16,17). The van der Waals surface area contributed by atoms with E-state index in [1.54, 1.807) is 0 Å². The third kappa shape index (κ3) is 4.15. The van der Waals surface area contributed by atoms with Crippen LogP contribution in [0.4, 0.5) is 0 Å². The van der Waals surface area contributed by atoms with Crippen LogP contribution in [0.25, 0.3) is 0 Å². The van der Waals surface area contributed by atoms with Crippen molar-refractivity contribution in [1.82, 2.24) is 5.32 Å². The highest BCUT2D eigenvalue weighted by Gasteiger charge is 2.26. The van der Waals surface area contributed by atoms with E-state index in [2.05, 4.69) is 25.2 Å². The third-order valence-corrected chi connectivity index (χ3v) is 3.92. The van der Waals surface area contributed by atoms with Crippen LogP contribution in [0, 0.1) is 0 Å². The molecule has 0 saturated carbocycles. The van der Waals surface area contributed by atoms with Gasteiger partial charge >= 0.3 is 0 Å².